The molecule has 0 saturated heterocycles. The third-order valence-corrected chi connectivity index (χ3v) is 1.48. The molecule has 0 spiro atoms. The van der Waals surface area contributed by atoms with Gasteiger partial charge in [0.2, 0.25) is 0 Å². The zero-order valence-corrected chi connectivity index (χ0v) is 8.57. The molecule has 4 heteroatoms. The second-order valence-corrected chi connectivity index (χ2v) is 2.90. The maximum absolute atomic E-state index is 10.5. The molecule has 0 fully saturated rings. The molecule has 0 heterocycles. The fourth-order valence-corrected chi connectivity index (χ4v) is 0.991. The molecule has 0 aliphatic rings. The zero-order chi connectivity index (χ0) is 8.97. The first-order valence-corrected chi connectivity index (χ1v) is 4.31. The number of methoxy groups -OCH3 is 1. The third kappa shape index (κ3) is 2.69. The fraction of sp³-hybridized carbons (Fsp3) is 0.125. The summed E-state index contributed by atoms with van der Waals surface area (Å²) in [5, 5.41) is 0. The highest BCUT2D eigenvalue weighted by Crippen LogP contribution is 2.17. The average Bonchev–Trinajstić information content (AvgIpc) is 2.05. The van der Waals surface area contributed by atoms with E-state index in [9.17, 15) is 4.79 Å². The topological polar surface area (TPSA) is 35.5 Å². The van der Waals surface area contributed by atoms with E-state index in [4.69, 9.17) is 9.47 Å². The number of benzene rings is 1. The van der Waals surface area contributed by atoms with E-state index in [1.54, 1.807) is 54.0 Å². The molecule has 1 rings (SSSR count). The number of rotatable bonds is 2. The van der Waals surface area contributed by atoms with Crippen molar-refractivity contribution in [3.63, 3.8) is 0 Å². The number of hydrogen-bond acceptors (Lipinski definition) is 3. The van der Waals surface area contributed by atoms with E-state index in [0.717, 1.165) is 5.75 Å². The van der Waals surface area contributed by atoms with Crippen LogP contribution in [0.25, 0.3) is 0 Å². The number of halogens is 1. The van der Waals surface area contributed by atoms with Gasteiger partial charge < -0.3 is 9.47 Å². The maximum atomic E-state index is 10.5. The van der Waals surface area contributed by atoms with Gasteiger partial charge in [0.25, 0.3) is 0 Å². The third-order valence-electron chi connectivity index (χ3n) is 1.26. The van der Waals surface area contributed by atoms with Crippen LogP contribution in [0.5, 0.6) is 11.5 Å². The standard InChI is InChI=1S/C8H7IO3/c1-11-6-2-4-7(5-3-6)12-8(9)10/h2-5H,1H3. The number of carbonyl (C=O) groups excluding carboxylic acids is 1. The Bertz CT molecular complexity index is 268. The van der Waals surface area contributed by atoms with E-state index < -0.39 is 0 Å². The smallest absolute Gasteiger partial charge is 0.372 e. The van der Waals surface area contributed by atoms with Crippen molar-refractivity contribution in [2.24, 2.45) is 0 Å². The van der Waals surface area contributed by atoms with Crippen molar-refractivity contribution in [3.05, 3.63) is 24.3 Å². The van der Waals surface area contributed by atoms with E-state index in [0.29, 0.717) is 5.75 Å². The monoisotopic (exact) mass is 278 g/mol. The summed E-state index contributed by atoms with van der Waals surface area (Å²) >= 11 is 1.57. The summed E-state index contributed by atoms with van der Waals surface area (Å²) in [5.74, 6) is 1.26. The predicted octanol–water partition coefficient (Wildman–Crippen LogP) is 2.63. The molecular formula is C8H7IO3. The van der Waals surface area contributed by atoms with Crippen molar-refractivity contribution in [1.82, 2.24) is 0 Å². The van der Waals surface area contributed by atoms with Crippen LogP contribution in [0.3, 0.4) is 0 Å². The molecule has 0 amide bonds. The Labute approximate surface area is 83.8 Å². The Morgan fingerprint density at radius 2 is 1.75 bits per heavy atom. The van der Waals surface area contributed by atoms with Crippen LogP contribution in [0.1, 0.15) is 0 Å². The molecule has 0 aliphatic carbocycles. The fourth-order valence-electron chi connectivity index (χ4n) is 0.736. The molecule has 1 aromatic rings. The zero-order valence-electron chi connectivity index (χ0n) is 6.41. The minimum atomic E-state index is -0.349. The SMILES string of the molecule is COc1ccc(OC(=O)I)cc1. The lowest BCUT2D eigenvalue weighted by Gasteiger charge is -2.01. The van der Waals surface area contributed by atoms with Gasteiger partial charge in [-0.2, -0.15) is 0 Å². The summed E-state index contributed by atoms with van der Waals surface area (Å²) in [6, 6.07) is 6.81. The van der Waals surface area contributed by atoms with E-state index in [-0.39, 0.29) is 3.98 Å². The Morgan fingerprint density at radius 3 is 2.17 bits per heavy atom. The van der Waals surface area contributed by atoms with Gasteiger partial charge in [0.05, 0.1) is 29.7 Å². The van der Waals surface area contributed by atoms with Gasteiger partial charge in [-0.05, 0) is 24.3 Å². The van der Waals surface area contributed by atoms with Gasteiger partial charge in [-0.25, -0.2) is 4.79 Å². The molecule has 0 bridgehead atoms. The highest BCUT2D eigenvalue weighted by molar-refractivity contribution is 14.1. The van der Waals surface area contributed by atoms with Crippen molar-refractivity contribution < 1.29 is 14.3 Å². The predicted molar refractivity (Wildman–Crippen MR) is 53.0 cm³/mol. The summed E-state index contributed by atoms with van der Waals surface area (Å²) in [6.07, 6.45) is 0. The minimum absolute atomic E-state index is 0.349. The van der Waals surface area contributed by atoms with Crippen LogP contribution < -0.4 is 9.47 Å². The Kier molecular flexibility index (Phi) is 3.33. The second kappa shape index (κ2) is 4.30. The first kappa shape index (κ1) is 9.31. The van der Waals surface area contributed by atoms with E-state index in [1.807, 2.05) is 0 Å². The first-order valence-electron chi connectivity index (χ1n) is 3.24. The maximum Gasteiger partial charge on any atom is 0.372 e. The molecule has 1 aromatic carbocycles. The highest BCUT2D eigenvalue weighted by atomic mass is 127. The van der Waals surface area contributed by atoms with Crippen molar-refractivity contribution >= 4 is 26.6 Å². The lowest BCUT2D eigenvalue weighted by molar-refractivity contribution is 0.230. The van der Waals surface area contributed by atoms with Gasteiger partial charge in [0, 0.05) is 0 Å². The largest absolute Gasteiger partial charge is 0.497 e. The van der Waals surface area contributed by atoms with Gasteiger partial charge in [-0.15, -0.1) is 0 Å². The van der Waals surface area contributed by atoms with Gasteiger partial charge >= 0.3 is 3.98 Å². The Morgan fingerprint density at radius 1 is 1.25 bits per heavy atom. The summed E-state index contributed by atoms with van der Waals surface area (Å²) < 4.78 is 9.39. The van der Waals surface area contributed by atoms with Crippen LogP contribution in [0, 0.1) is 0 Å². The van der Waals surface area contributed by atoms with Crippen molar-refractivity contribution in [3.8, 4) is 11.5 Å². The van der Waals surface area contributed by atoms with Crippen LogP contribution >= 0.6 is 22.6 Å². The van der Waals surface area contributed by atoms with Gasteiger partial charge in [0.15, 0.2) is 0 Å². The molecule has 3 nitrogen and oxygen atoms in total. The van der Waals surface area contributed by atoms with Gasteiger partial charge in [0.1, 0.15) is 11.5 Å². The molecular weight excluding hydrogens is 271 g/mol. The molecule has 0 aliphatic heterocycles. The van der Waals surface area contributed by atoms with Gasteiger partial charge in [-0.3, -0.25) is 0 Å². The summed E-state index contributed by atoms with van der Waals surface area (Å²) in [7, 11) is 1.58. The summed E-state index contributed by atoms with van der Waals surface area (Å²) in [6.45, 7) is 0. The molecule has 0 atom stereocenters. The summed E-state index contributed by atoms with van der Waals surface area (Å²) in [5.41, 5.74) is 0. The van der Waals surface area contributed by atoms with Crippen LogP contribution in [0.15, 0.2) is 24.3 Å². The van der Waals surface area contributed by atoms with Crippen molar-refractivity contribution in [2.75, 3.05) is 7.11 Å². The van der Waals surface area contributed by atoms with E-state index in [1.165, 1.54) is 0 Å². The quantitative estimate of drug-likeness (QED) is 0.616. The lowest BCUT2D eigenvalue weighted by Crippen LogP contribution is -1.94. The van der Waals surface area contributed by atoms with E-state index >= 15 is 0 Å². The molecule has 0 radical (unpaired) electrons. The normalized spacial score (nSPS) is 9.17. The number of hydrogen-bond donors (Lipinski definition) is 0. The van der Waals surface area contributed by atoms with Crippen molar-refractivity contribution in [2.45, 2.75) is 0 Å². The average molecular weight is 278 g/mol. The van der Waals surface area contributed by atoms with Crippen LogP contribution in [-0.2, 0) is 0 Å². The Hall–Kier alpha value is -0.780. The molecule has 0 aromatic heterocycles. The van der Waals surface area contributed by atoms with Crippen LogP contribution in [0.2, 0.25) is 0 Å². The summed E-state index contributed by atoms with van der Waals surface area (Å²) in [4.78, 5) is 10.5. The molecule has 0 N–H and O–H groups in total. The number of ether oxygens (including phenoxy) is 2. The minimum Gasteiger partial charge on any atom is -0.497 e. The molecule has 0 saturated carbocycles. The lowest BCUT2D eigenvalue weighted by atomic mass is 10.3. The second-order valence-electron chi connectivity index (χ2n) is 2.02. The van der Waals surface area contributed by atoms with Crippen molar-refractivity contribution in [1.29, 1.82) is 0 Å². The van der Waals surface area contributed by atoms with Crippen LogP contribution in [-0.4, -0.2) is 11.1 Å². The first-order chi connectivity index (χ1) is 5.72. The highest BCUT2D eigenvalue weighted by Gasteiger charge is 1.98. The van der Waals surface area contributed by atoms with Gasteiger partial charge in [-0.1, -0.05) is 0 Å². The molecule has 0 unspecified atom stereocenters. The van der Waals surface area contributed by atoms with Crippen LogP contribution in [0.4, 0.5) is 4.79 Å². The number of carbonyl (C=O) groups is 1. The van der Waals surface area contributed by atoms with E-state index in [2.05, 4.69) is 0 Å². The molecule has 12 heavy (non-hydrogen) atoms. The Balaban J connectivity index is 2.71. The molecule has 64 valence electrons.